The number of carbonyl (C=O) groups is 2. The second-order valence-corrected chi connectivity index (χ2v) is 4.76. The van der Waals surface area contributed by atoms with Gasteiger partial charge >= 0.3 is 5.97 Å². The third kappa shape index (κ3) is 4.49. The molecule has 1 rings (SSSR count). The molecule has 108 valence electrons. The number of rotatable bonds is 5. The largest absolute Gasteiger partial charge is 0.465 e. The predicted molar refractivity (Wildman–Crippen MR) is 79.4 cm³/mol. The monoisotopic (exact) mass is 306 g/mol. The molecule has 0 saturated carbocycles. The highest BCUT2D eigenvalue weighted by molar-refractivity contribution is 7.12. The van der Waals surface area contributed by atoms with Crippen LogP contribution >= 0.6 is 23.7 Å². The number of amides is 1. The molecule has 1 heterocycles. The Morgan fingerprint density at radius 2 is 2.11 bits per heavy atom. The minimum Gasteiger partial charge on any atom is -0.465 e. The Bertz CT molecular complexity index is 448. The number of methoxy groups -OCH3 is 1. The molecular weight excluding hydrogens is 288 g/mol. The van der Waals surface area contributed by atoms with Crippen LogP contribution in [0.15, 0.2) is 5.38 Å². The lowest BCUT2D eigenvalue weighted by Crippen LogP contribution is -2.38. The van der Waals surface area contributed by atoms with Crippen molar-refractivity contribution in [2.24, 2.45) is 0 Å². The molecule has 0 aliphatic carbocycles. The number of anilines is 1. The maximum Gasteiger partial charge on any atom is 0.350 e. The van der Waals surface area contributed by atoms with Gasteiger partial charge in [0.2, 0.25) is 5.91 Å². The number of thiophene rings is 1. The van der Waals surface area contributed by atoms with Gasteiger partial charge in [0.25, 0.3) is 0 Å². The summed E-state index contributed by atoms with van der Waals surface area (Å²) in [5, 5.41) is 7.60. The summed E-state index contributed by atoms with van der Waals surface area (Å²) in [5.74, 6) is -0.594. The van der Waals surface area contributed by atoms with Crippen LogP contribution in [0.1, 0.15) is 29.1 Å². The Hall–Kier alpha value is -1.11. The number of carbonyl (C=O) groups excluding carboxylic acids is 2. The number of halogens is 1. The van der Waals surface area contributed by atoms with E-state index in [9.17, 15) is 9.59 Å². The van der Waals surface area contributed by atoms with Gasteiger partial charge in [-0.15, -0.1) is 23.7 Å². The van der Waals surface area contributed by atoms with Gasteiger partial charge in [-0.2, -0.15) is 0 Å². The van der Waals surface area contributed by atoms with E-state index in [4.69, 9.17) is 0 Å². The maximum atomic E-state index is 11.9. The third-order valence-corrected chi connectivity index (χ3v) is 3.58. The summed E-state index contributed by atoms with van der Waals surface area (Å²) in [6, 6.07) is -0.306. The Morgan fingerprint density at radius 3 is 2.63 bits per heavy atom. The van der Waals surface area contributed by atoms with Crippen LogP contribution in [0.3, 0.4) is 0 Å². The lowest BCUT2D eigenvalue weighted by molar-refractivity contribution is -0.117. The Kier molecular flexibility index (Phi) is 7.66. The Balaban J connectivity index is 0.00000324. The number of nitrogens with one attached hydrogen (secondary N) is 2. The Labute approximate surface area is 123 Å². The summed E-state index contributed by atoms with van der Waals surface area (Å²) in [6.07, 6.45) is 0. The van der Waals surface area contributed by atoms with Crippen LogP contribution in [0.5, 0.6) is 0 Å². The quantitative estimate of drug-likeness (QED) is 0.818. The molecule has 0 aliphatic heterocycles. The Morgan fingerprint density at radius 1 is 1.47 bits per heavy atom. The topological polar surface area (TPSA) is 67.4 Å². The summed E-state index contributed by atoms with van der Waals surface area (Å²) >= 11 is 1.27. The highest BCUT2D eigenvalue weighted by Crippen LogP contribution is 2.28. The molecule has 19 heavy (non-hydrogen) atoms. The molecule has 0 spiro atoms. The number of hydrogen-bond acceptors (Lipinski definition) is 5. The van der Waals surface area contributed by atoms with Gasteiger partial charge in [-0.3, -0.25) is 4.79 Å². The van der Waals surface area contributed by atoms with Crippen LogP contribution in [0, 0.1) is 6.92 Å². The predicted octanol–water partition coefficient (Wildman–Crippen LogP) is 2.20. The number of esters is 1. The van der Waals surface area contributed by atoms with Crippen LogP contribution in [0.2, 0.25) is 0 Å². The van der Waals surface area contributed by atoms with Crippen molar-refractivity contribution in [2.45, 2.75) is 26.8 Å². The lowest BCUT2D eigenvalue weighted by Gasteiger charge is -2.13. The molecule has 5 nitrogen and oxygen atoms in total. The molecule has 1 amide bonds. The summed E-state index contributed by atoms with van der Waals surface area (Å²) in [7, 11) is 1.32. The maximum absolute atomic E-state index is 11.9. The van der Waals surface area contributed by atoms with E-state index in [0.717, 1.165) is 5.56 Å². The van der Waals surface area contributed by atoms with Crippen LogP contribution in [0.4, 0.5) is 5.69 Å². The first-order chi connectivity index (χ1) is 8.51. The fourth-order valence-corrected chi connectivity index (χ4v) is 2.39. The van der Waals surface area contributed by atoms with Crippen molar-refractivity contribution in [2.75, 3.05) is 19.0 Å². The smallest absolute Gasteiger partial charge is 0.350 e. The van der Waals surface area contributed by atoms with E-state index < -0.39 is 5.97 Å². The van der Waals surface area contributed by atoms with Gasteiger partial charge in [-0.1, -0.05) is 6.92 Å². The average Bonchev–Trinajstić information content (AvgIpc) is 2.70. The fraction of sp³-hybridized carbons (Fsp3) is 0.500. The second kappa shape index (κ2) is 8.14. The minimum absolute atomic E-state index is 0. The van der Waals surface area contributed by atoms with E-state index in [0.29, 0.717) is 17.1 Å². The molecule has 0 saturated heterocycles. The molecule has 0 bridgehead atoms. The van der Waals surface area contributed by atoms with Crippen LogP contribution < -0.4 is 10.6 Å². The molecule has 7 heteroatoms. The minimum atomic E-state index is -0.431. The van der Waals surface area contributed by atoms with E-state index in [1.807, 2.05) is 19.2 Å². The highest BCUT2D eigenvalue weighted by atomic mass is 35.5. The summed E-state index contributed by atoms with van der Waals surface area (Å²) in [6.45, 7) is 6.26. The molecular formula is C12H19ClN2O3S. The summed E-state index contributed by atoms with van der Waals surface area (Å²) in [4.78, 5) is 23.9. The molecule has 1 unspecified atom stereocenters. The lowest BCUT2D eigenvalue weighted by atomic mass is 10.2. The zero-order valence-corrected chi connectivity index (χ0v) is 13.0. The zero-order chi connectivity index (χ0) is 13.7. The van der Waals surface area contributed by atoms with Gasteiger partial charge in [0.05, 0.1) is 18.8 Å². The molecule has 0 fully saturated rings. The fourth-order valence-electron chi connectivity index (χ4n) is 1.47. The summed E-state index contributed by atoms with van der Waals surface area (Å²) < 4.78 is 4.68. The summed E-state index contributed by atoms with van der Waals surface area (Å²) in [5.41, 5.74) is 1.40. The van der Waals surface area contributed by atoms with Crippen LogP contribution in [0.25, 0.3) is 0 Å². The first-order valence-electron chi connectivity index (χ1n) is 5.71. The molecule has 0 radical (unpaired) electrons. The van der Waals surface area contributed by atoms with Crippen molar-refractivity contribution in [3.8, 4) is 0 Å². The molecule has 1 atom stereocenters. The first kappa shape index (κ1) is 17.9. The number of ether oxygens (including phenoxy) is 1. The highest BCUT2D eigenvalue weighted by Gasteiger charge is 2.20. The molecule has 1 aromatic heterocycles. The standard InChI is InChI=1S/C12H18N2O3S.ClH/c1-5-13-8(3)11(15)14-9-7(2)6-18-10(9)12(16)17-4;/h6,8,13H,5H2,1-4H3,(H,14,15);1H. The van der Waals surface area contributed by atoms with Crippen molar-refractivity contribution in [1.82, 2.24) is 5.32 Å². The zero-order valence-electron chi connectivity index (χ0n) is 11.4. The van der Waals surface area contributed by atoms with Gasteiger partial charge in [-0.25, -0.2) is 4.79 Å². The third-order valence-electron chi connectivity index (χ3n) is 2.50. The number of hydrogen-bond donors (Lipinski definition) is 2. The van der Waals surface area contributed by atoms with E-state index in [1.54, 1.807) is 6.92 Å². The molecule has 1 aromatic rings. The molecule has 0 aromatic carbocycles. The number of aryl methyl sites for hydroxylation is 1. The van der Waals surface area contributed by atoms with Gasteiger partial charge in [-0.05, 0) is 31.3 Å². The van der Waals surface area contributed by atoms with Gasteiger partial charge in [0, 0.05) is 0 Å². The molecule has 2 N–H and O–H groups in total. The van der Waals surface area contributed by atoms with E-state index >= 15 is 0 Å². The van der Waals surface area contributed by atoms with E-state index in [1.165, 1.54) is 18.4 Å². The first-order valence-corrected chi connectivity index (χ1v) is 6.59. The second-order valence-electron chi connectivity index (χ2n) is 3.88. The normalized spacial score (nSPS) is 11.4. The van der Waals surface area contributed by atoms with Crippen molar-refractivity contribution in [3.63, 3.8) is 0 Å². The van der Waals surface area contributed by atoms with E-state index in [2.05, 4.69) is 15.4 Å². The van der Waals surface area contributed by atoms with Gasteiger partial charge < -0.3 is 15.4 Å². The average molecular weight is 307 g/mol. The van der Waals surface area contributed by atoms with Gasteiger partial charge in [0.15, 0.2) is 0 Å². The van der Waals surface area contributed by atoms with Crippen molar-refractivity contribution >= 4 is 41.3 Å². The van der Waals surface area contributed by atoms with Gasteiger partial charge in [0.1, 0.15) is 4.88 Å². The molecule has 0 aliphatic rings. The number of likely N-dealkylation sites (N-methyl/N-ethyl adjacent to an activating group) is 1. The van der Waals surface area contributed by atoms with Crippen LogP contribution in [-0.2, 0) is 9.53 Å². The van der Waals surface area contributed by atoms with Crippen molar-refractivity contribution in [3.05, 3.63) is 15.8 Å². The van der Waals surface area contributed by atoms with Crippen LogP contribution in [-0.4, -0.2) is 31.6 Å². The SMILES string of the molecule is CCNC(C)C(=O)Nc1c(C)csc1C(=O)OC.Cl. The van der Waals surface area contributed by atoms with Crippen molar-refractivity contribution < 1.29 is 14.3 Å². The van der Waals surface area contributed by atoms with E-state index in [-0.39, 0.29) is 24.4 Å². The van der Waals surface area contributed by atoms with Crippen molar-refractivity contribution in [1.29, 1.82) is 0 Å².